The van der Waals surface area contributed by atoms with E-state index in [0.717, 1.165) is 21.3 Å². The molecule has 1 atom stereocenters. The van der Waals surface area contributed by atoms with Gasteiger partial charge in [0.05, 0.1) is 25.9 Å². The van der Waals surface area contributed by atoms with Crippen molar-refractivity contribution in [3.63, 3.8) is 0 Å². The zero-order valence-electron chi connectivity index (χ0n) is 17.0. The number of esters is 1. The Bertz CT molecular complexity index is 740. The molecular formula is C22H26O5S2. The Morgan fingerprint density at radius 3 is 1.59 bits per heavy atom. The molecule has 2 aromatic carbocycles. The lowest BCUT2D eigenvalue weighted by Gasteiger charge is -2.19. The molecule has 0 radical (unpaired) electrons. The molecule has 5 nitrogen and oxygen atoms in total. The molecule has 0 aliphatic rings. The Labute approximate surface area is 180 Å². The molecule has 0 aromatic heterocycles. The van der Waals surface area contributed by atoms with Gasteiger partial charge in [0.15, 0.2) is 0 Å². The zero-order chi connectivity index (χ0) is 21.2. The molecule has 0 spiro atoms. The van der Waals surface area contributed by atoms with Gasteiger partial charge in [0.1, 0.15) is 23.2 Å². The average molecular weight is 435 g/mol. The Hall–Kier alpha value is -2.12. The monoisotopic (exact) mass is 434 g/mol. The van der Waals surface area contributed by atoms with Gasteiger partial charge < -0.3 is 14.2 Å². The van der Waals surface area contributed by atoms with Crippen LogP contribution in [0.5, 0.6) is 11.5 Å². The molecule has 29 heavy (non-hydrogen) atoms. The number of Topliss-reactive ketones (excluding diaryl/α,β-unsaturated/α-hetero) is 1. The highest BCUT2D eigenvalue weighted by atomic mass is 32.2. The summed E-state index contributed by atoms with van der Waals surface area (Å²) in [6.07, 6.45) is 1.12. The van der Waals surface area contributed by atoms with Gasteiger partial charge in [-0.2, -0.15) is 0 Å². The molecule has 0 aliphatic heterocycles. The lowest BCUT2D eigenvalue weighted by molar-refractivity contribution is -0.149. The van der Waals surface area contributed by atoms with Gasteiger partial charge in [-0.25, -0.2) is 0 Å². The molecule has 156 valence electrons. The largest absolute Gasteiger partial charge is 0.497 e. The van der Waals surface area contributed by atoms with Crippen molar-refractivity contribution in [3.8, 4) is 11.5 Å². The third-order valence-corrected chi connectivity index (χ3v) is 6.98. The predicted octanol–water partition coefficient (Wildman–Crippen LogP) is 5.07. The number of methoxy groups -OCH3 is 3. The first kappa shape index (κ1) is 23.2. The molecule has 2 rings (SSSR count). The van der Waals surface area contributed by atoms with E-state index in [9.17, 15) is 9.59 Å². The minimum absolute atomic E-state index is 0.114. The van der Waals surface area contributed by atoms with Crippen LogP contribution in [0.1, 0.15) is 19.8 Å². The van der Waals surface area contributed by atoms with Crippen LogP contribution in [0.4, 0.5) is 0 Å². The molecule has 0 fully saturated rings. The Morgan fingerprint density at radius 1 is 0.793 bits per heavy atom. The fourth-order valence-electron chi connectivity index (χ4n) is 2.69. The fraction of sp³-hybridized carbons (Fsp3) is 0.364. The van der Waals surface area contributed by atoms with Crippen LogP contribution in [0.15, 0.2) is 58.3 Å². The van der Waals surface area contributed by atoms with E-state index >= 15 is 0 Å². The van der Waals surface area contributed by atoms with Crippen LogP contribution >= 0.6 is 23.5 Å². The number of ether oxygens (including phenoxy) is 3. The first-order chi connectivity index (χ1) is 14.0. The van der Waals surface area contributed by atoms with Crippen molar-refractivity contribution >= 4 is 35.3 Å². The predicted molar refractivity (Wildman–Crippen MR) is 117 cm³/mol. The number of thioether (sulfide) groups is 2. The van der Waals surface area contributed by atoms with Crippen molar-refractivity contribution in [2.75, 3.05) is 21.3 Å². The molecule has 1 unspecified atom stereocenters. The minimum Gasteiger partial charge on any atom is -0.497 e. The number of hydrogen-bond acceptors (Lipinski definition) is 7. The quantitative estimate of drug-likeness (QED) is 0.212. The van der Waals surface area contributed by atoms with E-state index < -0.39 is 11.9 Å². The topological polar surface area (TPSA) is 61.8 Å². The molecule has 0 amide bonds. The number of hydrogen-bond donors (Lipinski definition) is 0. The van der Waals surface area contributed by atoms with Gasteiger partial charge in [-0.05, 0) is 68.3 Å². The van der Waals surface area contributed by atoms with Crippen molar-refractivity contribution in [2.45, 2.75) is 34.1 Å². The zero-order valence-corrected chi connectivity index (χ0v) is 18.7. The number of carbonyl (C=O) groups excluding carboxylic acids is 2. The van der Waals surface area contributed by atoms with E-state index in [0.29, 0.717) is 12.8 Å². The summed E-state index contributed by atoms with van der Waals surface area (Å²) < 4.78 is 15.3. The summed E-state index contributed by atoms with van der Waals surface area (Å²) in [5.74, 6) is 0.238. The summed E-state index contributed by atoms with van der Waals surface area (Å²) in [6, 6.07) is 15.7. The highest BCUT2D eigenvalue weighted by molar-refractivity contribution is 8.17. The summed E-state index contributed by atoms with van der Waals surface area (Å²) in [5.41, 5.74) is 0. The van der Waals surface area contributed by atoms with Crippen LogP contribution in [-0.4, -0.2) is 37.7 Å². The van der Waals surface area contributed by atoms with Gasteiger partial charge in [-0.3, -0.25) is 9.59 Å². The maximum Gasteiger partial charge on any atom is 0.316 e. The maximum atomic E-state index is 11.9. The second-order valence-corrected chi connectivity index (χ2v) is 9.13. The van der Waals surface area contributed by atoms with E-state index in [4.69, 9.17) is 14.2 Å². The van der Waals surface area contributed by atoms with Crippen molar-refractivity contribution in [3.05, 3.63) is 48.5 Å². The van der Waals surface area contributed by atoms with Crippen molar-refractivity contribution in [2.24, 2.45) is 5.92 Å². The van der Waals surface area contributed by atoms with E-state index in [1.165, 1.54) is 14.0 Å². The molecule has 0 heterocycles. The molecule has 0 N–H and O–H groups in total. The number of ketones is 1. The summed E-state index contributed by atoms with van der Waals surface area (Å²) in [5, 5.41) is 0. The number of carbonyl (C=O) groups is 2. The first-order valence-electron chi connectivity index (χ1n) is 9.16. The third kappa shape index (κ3) is 7.33. The summed E-state index contributed by atoms with van der Waals surface area (Å²) >= 11 is 3.40. The third-order valence-electron chi connectivity index (χ3n) is 4.32. The normalized spacial score (nSPS) is 11.8. The molecule has 0 bridgehead atoms. The highest BCUT2D eigenvalue weighted by Gasteiger charge is 2.26. The standard InChI is InChI=1S/C22H26O5S2/c1-15(23)20(22(24)27-4)13-14-21(28-18-9-5-16(25-2)6-10-18)29-19-11-7-17(26-3)8-12-19/h5-12,20-21H,13-14H2,1-4H3. The van der Waals surface area contributed by atoms with E-state index in [1.807, 2.05) is 48.5 Å². The molecule has 0 saturated heterocycles. The lowest BCUT2D eigenvalue weighted by Crippen LogP contribution is -2.24. The van der Waals surface area contributed by atoms with E-state index in [1.54, 1.807) is 37.7 Å². The van der Waals surface area contributed by atoms with Crippen LogP contribution < -0.4 is 9.47 Å². The number of rotatable bonds is 11. The SMILES string of the molecule is COC(=O)C(CCC(Sc1ccc(OC)cc1)Sc1ccc(OC)cc1)C(C)=O. The summed E-state index contributed by atoms with van der Waals surface area (Å²) in [7, 11) is 4.59. The Morgan fingerprint density at radius 2 is 1.24 bits per heavy atom. The van der Waals surface area contributed by atoms with Gasteiger partial charge >= 0.3 is 5.97 Å². The van der Waals surface area contributed by atoms with Gasteiger partial charge in [0.2, 0.25) is 0 Å². The van der Waals surface area contributed by atoms with Crippen molar-refractivity contribution in [1.29, 1.82) is 0 Å². The molecule has 0 saturated carbocycles. The molecule has 2 aromatic rings. The number of benzene rings is 2. The van der Waals surface area contributed by atoms with Crippen molar-refractivity contribution < 1.29 is 23.8 Å². The maximum absolute atomic E-state index is 11.9. The van der Waals surface area contributed by atoms with Gasteiger partial charge in [0, 0.05) is 9.79 Å². The van der Waals surface area contributed by atoms with Gasteiger partial charge in [0.25, 0.3) is 0 Å². The second-order valence-electron chi connectivity index (χ2n) is 6.28. The Balaban J connectivity index is 2.13. The second kappa shape index (κ2) is 11.8. The van der Waals surface area contributed by atoms with Crippen LogP contribution in [0.2, 0.25) is 0 Å². The average Bonchev–Trinajstić information content (AvgIpc) is 2.74. The Kier molecular flexibility index (Phi) is 9.41. The fourth-order valence-corrected chi connectivity index (χ4v) is 5.25. The first-order valence-corrected chi connectivity index (χ1v) is 10.9. The lowest BCUT2D eigenvalue weighted by atomic mass is 10.00. The summed E-state index contributed by atoms with van der Waals surface area (Å²) in [6.45, 7) is 1.43. The van der Waals surface area contributed by atoms with Crippen LogP contribution in [0, 0.1) is 5.92 Å². The summed E-state index contributed by atoms with van der Waals surface area (Å²) in [4.78, 5) is 26.0. The van der Waals surface area contributed by atoms with Crippen LogP contribution in [-0.2, 0) is 14.3 Å². The molecule has 7 heteroatoms. The van der Waals surface area contributed by atoms with Gasteiger partial charge in [-0.15, -0.1) is 23.5 Å². The van der Waals surface area contributed by atoms with Crippen LogP contribution in [0.25, 0.3) is 0 Å². The minimum atomic E-state index is -0.726. The van der Waals surface area contributed by atoms with Gasteiger partial charge in [-0.1, -0.05) is 0 Å². The molecular weight excluding hydrogens is 408 g/mol. The smallest absolute Gasteiger partial charge is 0.316 e. The van der Waals surface area contributed by atoms with Crippen LogP contribution in [0.3, 0.4) is 0 Å². The van der Waals surface area contributed by atoms with E-state index in [-0.39, 0.29) is 10.4 Å². The van der Waals surface area contributed by atoms with Crippen molar-refractivity contribution in [1.82, 2.24) is 0 Å². The highest BCUT2D eigenvalue weighted by Crippen LogP contribution is 2.39. The van der Waals surface area contributed by atoms with E-state index in [2.05, 4.69) is 0 Å². The molecule has 0 aliphatic carbocycles.